The van der Waals surface area contributed by atoms with Gasteiger partial charge in [-0.2, -0.15) is 5.10 Å². The summed E-state index contributed by atoms with van der Waals surface area (Å²) in [6, 6.07) is 12.5. The third-order valence-corrected chi connectivity index (χ3v) is 3.53. The van der Waals surface area contributed by atoms with Gasteiger partial charge in [0.05, 0.1) is 5.70 Å². The van der Waals surface area contributed by atoms with E-state index in [2.05, 4.69) is 47.6 Å². The number of hydrogen-bond donors (Lipinski definition) is 1. The first-order valence-corrected chi connectivity index (χ1v) is 7.08. The molecule has 20 heavy (non-hydrogen) atoms. The number of aryl methyl sites for hydroxylation is 2. The fraction of sp³-hybridized carbons (Fsp3) is 0.235. The highest BCUT2D eigenvalue weighted by Crippen LogP contribution is 2.19. The van der Waals surface area contributed by atoms with Gasteiger partial charge in [-0.15, -0.1) is 0 Å². The summed E-state index contributed by atoms with van der Waals surface area (Å²) in [7, 11) is 0. The number of aromatic nitrogens is 2. The third kappa shape index (κ3) is 2.82. The lowest BCUT2D eigenvalue weighted by Gasteiger charge is -2.11. The van der Waals surface area contributed by atoms with Crippen molar-refractivity contribution in [3.05, 3.63) is 65.9 Å². The minimum atomic E-state index is 0.591. The maximum absolute atomic E-state index is 5.87. The van der Waals surface area contributed by atoms with E-state index in [1.807, 2.05) is 16.8 Å². The molecule has 0 saturated heterocycles. The Kier molecular flexibility index (Phi) is 3.68. The van der Waals surface area contributed by atoms with Gasteiger partial charge >= 0.3 is 0 Å². The second kappa shape index (κ2) is 5.78. The predicted octanol–water partition coefficient (Wildman–Crippen LogP) is 3.44. The summed E-state index contributed by atoms with van der Waals surface area (Å²) in [6.45, 7) is 0. The quantitative estimate of drug-likeness (QED) is 0.920. The van der Waals surface area contributed by atoms with E-state index in [9.17, 15) is 0 Å². The number of rotatable bonds is 4. The molecular formula is C17H19N3. The Bertz CT molecular complexity index is 636. The smallest absolute Gasteiger partial charge is 0.146 e. The summed E-state index contributed by atoms with van der Waals surface area (Å²) in [5.74, 6) is 0.591. The van der Waals surface area contributed by atoms with Crippen LogP contribution in [0, 0.1) is 0 Å². The number of nitrogens with zero attached hydrogens (tertiary/aromatic N) is 2. The Morgan fingerprint density at radius 3 is 2.70 bits per heavy atom. The van der Waals surface area contributed by atoms with Crippen LogP contribution in [0.15, 0.2) is 54.6 Å². The molecule has 0 amide bonds. The van der Waals surface area contributed by atoms with Gasteiger partial charge in [0.25, 0.3) is 0 Å². The van der Waals surface area contributed by atoms with E-state index >= 15 is 0 Å². The van der Waals surface area contributed by atoms with Gasteiger partial charge < -0.3 is 5.73 Å². The van der Waals surface area contributed by atoms with Crippen LogP contribution in [0.25, 0.3) is 5.70 Å². The highest BCUT2D eigenvalue weighted by atomic mass is 15.3. The van der Waals surface area contributed by atoms with Crippen molar-refractivity contribution in [2.75, 3.05) is 5.73 Å². The van der Waals surface area contributed by atoms with Gasteiger partial charge in [0.2, 0.25) is 0 Å². The summed E-state index contributed by atoms with van der Waals surface area (Å²) in [4.78, 5) is 0. The van der Waals surface area contributed by atoms with Crippen molar-refractivity contribution in [3.8, 4) is 0 Å². The van der Waals surface area contributed by atoms with Crippen molar-refractivity contribution in [2.24, 2.45) is 0 Å². The van der Waals surface area contributed by atoms with E-state index in [1.54, 1.807) is 0 Å². The van der Waals surface area contributed by atoms with Crippen molar-refractivity contribution in [1.29, 1.82) is 0 Å². The molecule has 0 saturated carbocycles. The molecule has 0 bridgehead atoms. The van der Waals surface area contributed by atoms with Crippen molar-refractivity contribution < 1.29 is 0 Å². The van der Waals surface area contributed by atoms with Crippen LogP contribution in [0.5, 0.6) is 0 Å². The molecule has 0 spiro atoms. The van der Waals surface area contributed by atoms with Crippen LogP contribution < -0.4 is 5.73 Å². The van der Waals surface area contributed by atoms with Gasteiger partial charge in [-0.25, -0.2) is 4.68 Å². The van der Waals surface area contributed by atoms with Gasteiger partial charge in [0.1, 0.15) is 5.82 Å². The second-order valence-electron chi connectivity index (χ2n) is 5.07. The Balaban J connectivity index is 1.79. The molecule has 102 valence electrons. The highest BCUT2D eigenvalue weighted by molar-refractivity contribution is 5.59. The lowest BCUT2D eigenvalue weighted by molar-refractivity contribution is 0.799. The molecular weight excluding hydrogens is 246 g/mol. The molecule has 2 N–H and O–H groups in total. The van der Waals surface area contributed by atoms with Crippen molar-refractivity contribution in [2.45, 2.75) is 25.7 Å². The van der Waals surface area contributed by atoms with Crippen LogP contribution >= 0.6 is 0 Å². The summed E-state index contributed by atoms with van der Waals surface area (Å²) in [5.41, 5.74) is 9.52. The van der Waals surface area contributed by atoms with Crippen LogP contribution in [-0.2, 0) is 12.8 Å². The standard InChI is InChI=1S/C17H19N3/c18-17-13-16(12-11-14-7-3-1-4-8-14)20(19-17)15-9-5-2-6-10-15/h1,3-5,7-10,13H,2,6,11-12H2,(H2,18,19). The summed E-state index contributed by atoms with van der Waals surface area (Å²) >= 11 is 0. The molecule has 3 rings (SSSR count). The van der Waals surface area contributed by atoms with Crippen LogP contribution in [0.2, 0.25) is 0 Å². The number of nitrogen functional groups attached to an aromatic ring is 1. The molecule has 1 heterocycles. The first-order chi connectivity index (χ1) is 9.83. The van der Waals surface area contributed by atoms with E-state index in [1.165, 1.54) is 11.3 Å². The average Bonchev–Trinajstić information content (AvgIpc) is 2.88. The Labute approximate surface area is 119 Å². The molecule has 1 aromatic carbocycles. The van der Waals surface area contributed by atoms with E-state index in [0.717, 1.165) is 31.4 Å². The maximum Gasteiger partial charge on any atom is 0.146 e. The van der Waals surface area contributed by atoms with E-state index < -0.39 is 0 Å². The molecule has 3 heteroatoms. The number of benzene rings is 1. The molecule has 1 aromatic heterocycles. The monoisotopic (exact) mass is 265 g/mol. The Hall–Kier alpha value is -2.29. The van der Waals surface area contributed by atoms with Gasteiger partial charge in [-0.1, -0.05) is 42.5 Å². The molecule has 0 fully saturated rings. The molecule has 0 atom stereocenters. The predicted molar refractivity (Wildman–Crippen MR) is 83.1 cm³/mol. The largest absolute Gasteiger partial charge is 0.382 e. The first-order valence-electron chi connectivity index (χ1n) is 7.08. The molecule has 2 aromatic rings. The zero-order valence-electron chi connectivity index (χ0n) is 11.5. The van der Waals surface area contributed by atoms with Gasteiger partial charge in [-0.3, -0.25) is 0 Å². The molecule has 1 aliphatic rings. The zero-order chi connectivity index (χ0) is 13.8. The fourth-order valence-corrected chi connectivity index (χ4v) is 2.52. The summed E-state index contributed by atoms with van der Waals surface area (Å²) < 4.78 is 1.98. The number of hydrogen-bond acceptors (Lipinski definition) is 2. The maximum atomic E-state index is 5.87. The average molecular weight is 265 g/mol. The van der Waals surface area contributed by atoms with Crippen molar-refractivity contribution in [1.82, 2.24) is 9.78 Å². The zero-order valence-corrected chi connectivity index (χ0v) is 11.5. The SMILES string of the molecule is Nc1cc(CCc2ccccc2)n(C2=CCCC=C2)n1. The Morgan fingerprint density at radius 2 is 1.95 bits per heavy atom. The van der Waals surface area contributed by atoms with E-state index in [0.29, 0.717) is 5.82 Å². The van der Waals surface area contributed by atoms with Crippen LogP contribution in [0.1, 0.15) is 24.1 Å². The summed E-state index contributed by atoms with van der Waals surface area (Å²) in [5, 5.41) is 4.42. The highest BCUT2D eigenvalue weighted by Gasteiger charge is 2.10. The van der Waals surface area contributed by atoms with Crippen LogP contribution in [0.3, 0.4) is 0 Å². The van der Waals surface area contributed by atoms with E-state index in [-0.39, 0.29) is 0 Å². The second-order valence-corrected chi connectivity index (χ2v) is 5.07. The first kappa shape index (κ1) is 12.7. The number of allylic oxidation sites excluding steroid dienone is 4. The lowest BCUT2D eigenvalue weighted by Crippen LogP contribution is -2.05. The van der Waals surface area contributed by atoms with Gasteiger partial charge in [0, 0.05) is 11.8 Å². The van der Waals surface area contributed by atoms with Gasteiger partial charge in [0.15, 0.2) is 0 Å². The van der Waals surface area contributed by atoms with E-state index in [4.69, 9.17) is 5.73 Å². The topological polar surface area (TPSA) is 43.8 Å². The molecule has 3 nitrogen and oxygen atoms in total. The fourth-order valence-electron chi connectivity index (χ4n) is 2.52. The minimum absolute atomic E-state index is 0.591. The molecule has 1 aliphatic carbocycles. The molecule has 0 unspecified atom stereocenters. The number of anilines is 1. The normalized spacial score (nSPS) is 14.3. The lowest BCUT2D eigenvalue weighted by atomic mass is 10.1. The number of nitrogens with two attached hydrogens (primary N) is 1. The minimum Gasteiger partial charge on any atom is -0.382 e. The van der Waals surface area contributed by atoms with Crippen LogP contribution in [0.4, 0.5) is 5.82 Å². The van der Waals surface area contributed by atoms with Gasteiger partial charge in [-0.05, 0) is 37.3 Å². The molecule has 0 radical (unpaired) electrons. The Morgan fingerprint density at radius 1 is 1.10 bits per heavy atom. The van der Waals surface area contributed by atoms with Crippen molar-refractivity contribution >= 4 is 11.5 Å². The van der Waals surface area contributed by atoms with Crippen molar-refractivity contribution in [3.63, 3.8) is 0 Å². The molecule has 0 aliphatic heterocycles. The third-order valence-electron chi connectivity index (χ3n) is 3.53. The van der Waals surface area contributed by atoms with Crippen LogP contribution in [-0.4, -0.2) is 9.78 Å². The summed E-state index contributed by atoms with van der Waals surface area (Å²) in [6.07, 6.45) is 10.7.